The molecule has 5 saturated heterocycles. The molecule has 1 spiro atoms. The highest BCUT2D eigenvalue weighted by atomic mass is 16.8. The van der Waals surface area contributed by atoms with Gasteiger partial charge in [0.25, 0.3) is 0 Å². The van der Waals surface area contributed by atoms with Gasteiger partial charge in [-0.15, -0.1) is 0 Å². The molecular formula is C51H82O23. The average Bonchev–Trinajstić information content (AvgIpc) is 3.98. The number of aliphatic hydroxyl groups is 13. The van der Waals surface area contributed by atoms with Crippen molar-refractivity contribution in [2.45, 2.75) is 221 Å². The number of aliphatic hydroxyl groups excluding tert-OH is 12. The normalized spacial score (nSPS) is 52.2. The van der Waals surface area contributed by atoms with Crippen LogP contribution in [0.4, 0.5) is 0 Å². The second kappa shape index (κ2) is 21.2. The zero-order valence-corrected chi connectivity index (χ0v) is 43.0. The molecule has 424 valence electrons. The van der Waals surface area contributed by atoms with Crippen LogP contribution in [-0.4, -0.2) is 240 Å². The lowest BCUT2D eigenvalue weighted by molar-refractivity contribution is -0.378. The Morgan fingerprint density at radius 3 is 2.03 bits per heavy atom. The van der Waals surface area contributed by atoms with Gasteiger partial charge in [0, 0.05) is 17.3 Å². The third kappa shape index (κ3) is 8.83. The minimum atomic E-state index is -2.15. The highest BCUT2D eigenvalue weighted by molar-refractivity contribution is 5.83. The quantitative estimate of drug-likeness (QED) is 0.0734. The molecule has 23 heteroatoms. The first-order valence-corrected chi connectivity index (χ1v) is 26.6. The van der Waals surface area contributed by atoms with Crippen LogP contribution < -0.4 is 0 Å². The standard InChI is InChI=1S/C51H82O23/c1-6-26(56)28-15-23(2)51(74-28)14-13-47(4)25-7-8-31-46(3,24(25)9-12-48(47,51)5)11-10-32(49(31,19-53)20-54)71-42-38(63)36(61)35(60)30(70-42)18-67-43-39(33(58)27(57)17-66-43)72-44-40(37(62)34(59)29(16-52)69-44)73-45-41(64)50(65,21-55)22-68-45/h23,27-45,52-55,57-65H,6-22H2,1-5H3. The van der Waals surface area contributed by atoms with Crippen LogP contribution in [0, 0.1) is 33.5 Å². The van der Waals surface area contributed by atoms with Crippen LogP contribution in [-0.2, 0) is 47.4 Å². The summed E-state index contributed by atoms with van der Waals surface area (Å²) in [6.07, 6.45) is -22.1. The fourth-order valence-corrected chi connectivity index (χ4v) is 15.5. The number of allylic oxidation sites excluding steroid dienone is 2. The summed E-state index contributed by atoms with van der Waals surface area (Å²) >= 11 is 0. The van der Waals surface area contributed by atoms with Gasteiger partial charge in [-0.1, -0.05) is 45.8 Å². The molecule has 0 aromatic carbocycles. The van der Waals surface area contributed by atoms with E-state index in [1.54, 1.807) is 0 Å². The van der Waals surface area contributed by atoms with Crippen molar-refractivity contribution in [2.75, 3.05) is 46.2 Å². The number of ketones is 1. The van der Waals surface area contributed by atoms with Gasteiger partial charge in [0.15, 0.2) is 30.9 Å². The summed E-state index contributed by atoms with van der Waals surface area (Å²) < 4.78 is 54.1. The largest absolute Gasteiger partial charge is 0.396 e. The van der Waals surface area contributed by atoms with Crippen molar-refractivity contribution in [3.8, 4) is 0 Å². The van der Waals surface area contributed by atoms with Gasteiger partial charge in [0.2, 0.25) is 0 Å². The van der Waals surface area contributed by atoms with Crippen molar-refractivity contribution in [3.05, 3.63) is 11.1 Å². The third-order valence-corrected chi connectivity index (χ3v) is 20.3. The number of Topliss-reactive ketones (excluding diaryl/α,β-unsaturated/α-hetero) is 1. The third-order valence-electron chi connectivity index (χ3n) is 20.3. The summed E-state index contributed by atoms with van der Waals surface area (Å²) in [7, 11) is 0. The Hall–Kier alpha value is -1.47. The number of hydrogen-bond donors (Lipinski definition) is 13. The summed E-state index contributed by atoms with van der Waals surface area (Å²) in [5.74, 6) is 0.0850. The van der Waals surface area contributed by atoms with Gasteiger partial charge >= 0.3 is 0 Å². The molecule has 4 aliphatic carbocycles. The molecule has 9 aliphatic rings. The second-order valence-electron chi connectivity index (χ2n) is 23.7. The number of carbonyl (C=O) groups excluding carboxylic acids is 1. The predicted octanol–water partition coefficient (Wildman–Crippen LogP) is -2.86. The molecule has 25 atom stereocenters. The van der Waals surface area contributed by atoms with Crippen LogP contribution in [0.15, 0.2) is 11.1 Å². The minimum Gasteiger partial charge on any atom is -0.396 e. The molecule has 7 fully saturated rings. The van der Waals surface area contributed by atoms with E-state index in [9.17, 15) is 71.2 Å². The van der Waals surface area contributed by atoms with Crippen molar-refractivity contribution in [1.82, 2.24) is 0 Å². The fraction of sp³-hybridized carbons (Fsp3) is 0.941. The minimum absolute atomic E-state index is 0.146. The van der Waals surface area contributed by atoms with Gasteiger partial charge in [-0.05, 0) is 80.5 Å². The van der Waals surface area contributed by atoms with Gasteiger partial charge in [0.05, 0.1) is 58.0 Å². The van der Waals surface area contributed by atoms with Crippen molar-refractivity contribution < 1.29 is 114 Å². The summed E-state index contributed by atoms with van der Waals surface area (Å²) in [6, 6.07) is 0. The lowest BCUT2D eigenvalue weighted by Gasteiger charge is -2.64. The fourth-order valence-electron chi connectivity index (χ4n) is 15.5. The molecule has 0 radical (unpaired) electrons. The van der Waals surface area contributed by atoms with Crippen LogP contribution >= 0.6 is 0 Å². The lowest BCUT2D eigenvalue weighted by Crippen LogP contribution is -2.65. The van der Waals surface area contributed by atoms with Crippen LogP contribution in [0.5, 0.6) is 0 Å². The van der Waals surface area contributed by atoms with Gasteiger partial charge in [-0.2, -0.15) is 0 Å². The van der Waals surface area contributed by atoms with E-state index in [0.717, 1.165) is 38.5 Å². The number of fused-ring (bicyclic) bond motifs is 5. The highest BCUT2D eigenvalue weighted by Gasteiger charge is 2.72. The van der Waals surface area contributed by atoms with Gasteiger partial charge < -0.3 is 109 Å². The molecule has 9 rings (SSSR count). The Labute approximate surface area is 430 Å². The molecular weight excluding hydrogens is 981 g/mol. The second-order valence-corrected chi connectivity index (χ2v) is 23.7. The van der Waals surface area contributed by atoms with Gasteiger partial charge in [-0.3, -0.25) is 4.79 Å². The number of hydrogen-bond acceptors (Lipinski definition) is 23. The molecule has 0 amide bonds. The summed E-state index contributed by atoms with van der Waals surface area (Å²) in [5, 5.41) is 141. The average molecular weight is 1060 g/mol. The van der Waals surface area contributed by atoms with Crippen LogP contribution in [0.3, 0.4) is 0 Å². The highest BCUT2D eigenvalue weighted by Crippen LogP contribution is 2.75. The zero-order chi connectivity index (χ0) is 53.7. The van der Waals surface area contributed by atoms with Crippen molar-refractivity contribution >= 4 is 5.78 Å². The Morgan fingerprint density at radius 2 is 1.36 bits per heavy atom. The van der Waals surface area contributed by atoms with E-state index < -0.39 is 179 Å². The van der Waals surface area contributed by atoms with E-state index in [4.69, 9.17) is 42.6 Å². The molecule has 13 N–H and O–H groups in total. The van der Waals surface area contributed by atoms with E-state index in [-0.39, 0.29) is 28.4 Å². The van der Waals surface area contributed by atoms with E-state index in [2.05, 4.69) is 27.7 Å². The van der Waals surface area contributed by atoms with Crippen molar-refractivity contribution in [2.24, 2.45) is 33.5 Å². The maximum absolute atomic E-state index is 13.0. The molecule has 5 aliphatic heterocycles. The summed E-state index contributed by atoms with van der Waals surface area (Å²) in [6.45, 7) is 6.67. The zero-order valence-electron chi connectivity index (χ0n) is 43.0. The first-order valence-electron chi connectivity index (χ1n) is 26.6. The molecule has 0 aromatic heterocycles. The van der Waals surface area contributed by atoms with E-state index in [1.807, 2.05) is 6.92 Å². The van der Waals surface area contributed by atoms with Gasteiger partial charge in [-0.25, -0.2) is 0 Å². The predicted molar refractivity (Wildman–Crippen MR) is 250 cm³/mol. The van der Waals surface area contributed by atoms with E-state index in [0.29, 0.717) is 25.7 Å². The Balaban J connectivity index is 0.902. The Bertz CT molecular complexity index is 2030. The summed E-state index contributed by atoms with van der Waals surface area (Å²) in [5.41, 5.74) is -1.93. The van der Waals surface area contributed by atoms with E-state index in [1.165, 1.54) is 11.1 Å². The molecule has 23 nitrogen and oxygen atoms in total. The van der Waals surface area contributed by atoms with Crippen LogP contribution in [0.1, 0.15) is 98.8 Å². The molecule has 25 unspecified atom stereocenters. The lowest BCUT2D eigenvalue weighted by atomic mass is 9.42. The molecule has 5 heterocycles. The van der Waals surface area contributed by atoms with E-state index >= 15 is 0 Å². The number of carbonyl (C=O) groups is 1. The molecule has 74 heavy (non-hydrogen) atoms. The van der Waals surface area contributed by atoms with Crippen molar-refractivity contribution in [3.63, 3.8) is 0 Å². The van der Waals surface area contributed by atoms with Gasteiger partial charge in [0.1, 0.15) is 85.0 Å². The topological polar surface area (TPSA) is 363 Å². The molecule has 0 bridgehead atoms. The first-order chi connectivity index (χ1) is 35.0. The maximum Gasteiger partial charge on any atom is 0.187 e. The monoisotopic (exact) mass is 1060 g/mol. The van der Waals surface area contributed by atoms with Crippen molar-refractivity contribution in [1.29, 1.82) is 0 Å². The van der Waals surface area contributed by atoms with Crippen LogP contribution in [0.25, 0.3) is 0 Å². The molecule has 0 aromatic rings. The first kappa shape index (κ1) is 57.2. The Morgan fingerprint density at radius 1 is 0.689 bits per heavy atom. The van der Waals surface area contributed by atoms with Crippen LogP contribution in [0.2, 0.25) is 0 Å². The summed E-state index contributed by atoms with van der Waals surface area (Å²) in [4.78, 5) is 13.0. The Kier molecular flexibility index (Phi) is 16.4. The molecule has 2 saturated carbocycles. The maximum atomic E-state index is 13.0. The number of ether oxygens (including phenoxy) is 9. The smallest absolute Gasteiger partial charge is 0.187 e. The number of rotatable bonds is 15. The SMILES string of the molecule is CCC(=O)C1CC(C)C2(CCC3(C)C4=C(CCC32C)C2(C)CCC(OC3OC(COC5OCC(O)C(O)C5OC5OC(CO)C(O)C(O)C5OC5OCC(O)(CO)C5O)C(O)C(O)C3O)C(CO)(CO)C2CC4)O1.